The van der Waals surface area contributed by atoms with E-state index < -0.39 is 0 Å². The van der Waals surface area contributed by atoms with Gasteiger partial charge in [0.2, 0.25) is 0 Å². The fourth-order valence-electron chi connectivity index (χ4n) is 1.68. The first-order valence-corrected chi connectivity index (χ1v) is 6.72. The molecule has 0 aliphatic heterocycles. The van der Waals surface area contributed by atoms with Gasteiger partial charge in [0, 0.05) is 9.75 Å². The smallest absolute Gasteiger partial charge is 0.186 e. The molecule has 0 aliphatic rings. The summed E-state index contributed by atoms with van der Waals surface area (Å²) in [5.41, 5.74) is 1.72. The average molecular weight is 265 g/mol. The zero-order valence-corrected chi connectivity index (χ0v) is 11.6. The Balaban J connectivity index is 2.10. The molecule has 0 unspecified atom stereocenters. The molecule has 0 spiro atoms. The number of aryl methyl sites for hydroxylation is 3. The zero-order chi connectivity index (χ0) is 13.1. The third kappa shape index (κ3) is 2.67. The molecule has 0 atom stereocenters. The van der Waals surface area contributed by atoms with Crippen LogP contribution in [0.3, 0.4) is 0 Å². The molecule has 1 N–H and O–H groups in total. The molecule has 0 radical (unpaired) electrons. The van der Waals surface area contributed by atoms with Gasteiger partial charge in [-0.3, -0.25) is 0 Å². The van der Waals surface area contributed by atoms with Crippen molar-refractivity contribution in [3.8, 4) is 0 Å². The lowest BCUT2D eigenvalue weighted by atomic mass is 10.3. The maximum atomic E-state index is 13.9. The fraction of sp³-hybridized carbons (Fsp3) is 0.385. The molecule has 2 aromatic rings. The number of hydrogen-bond donors (Lipinski definition) is 1. The highest BCUT2D eigenvalue weighted by molar-refractivity contribution is 7.12. The van der Waals surface area contributed by atoms with E-state index in [-0.39, 0.29) is 11.6 Å². The van der Waals surface area contributed by atoms with E-state index in [1.54, 1.807) is 11.3 Å². The lowest BCUT2D eigenvalue weighted by Gasteiger charge is -2.06. The predicted molar refractivity (Wildman–Crippen MR) is 72.5 cm³/mol. The molecule has 0 bridgehead atoms. The van der Waals surface area contributed by atoms with Crippen LogP contribution in [-0.4, -0.2) is 9.97 Å². The molecule has 0 aliphatic carbocycles. The monoisotopic (exact) mass is 265 g/mol. The summed E-state index contributed by atoms with van der Waals surface area (Å²) in [4.78, 5) is 10.3. The van der Waals surface area contributed by atoms with Crippen LogP contribution < -0.4 is 5.32 Å². The molecule has 0 amide bonds. The molecule has 0 aromatic carbocycles. The molecule has 2 heterocycles. The quantitative estimate of drug-likeness (QED) is 0.919. The Hall–Kier alpha value is -1.49. The van der Waals surface area contributed by atoms with Gasteiger partial charge in [0.05, 0.1) is 12.2 Å². The number of nitrogens with zero attached hydrogens (tertiary/aromatic N) is 2. The predicted octanol–water partition coefficient (Wildman–Crippen LogP) is 3.47. The van der Waals surface area contributed by atoms with Crippen LogP contribution in [0.5, 0.6) is 0 Å². The fourth-order valence-corrected chi connectivity index (χ4v) is 2.68. The Labute approximate surface area is 110 Å². The summed E-state index contributed by atoms with van der Waals surface area (Å²) in [7, 11) is 0. The SMILES string of the molecule is CCc1ncnc(NCc2cc(C)c(C)s2)c1F. The maximum absolute atomic E-state index is 13.9. The summed E-state index contributed by atoms with van der Waals surface area (Å²) in [5, 5.41) is 3.03. The molecule has 2 aromatic heterocycles. The number of aromatic nitrogens is 2. The molecular weight excluding hydrogens is 249 g/mol. The van der Waals surface area contributed by atoms with E-state index in [1.807, 2.05) is 6.92 Å². The zero-order valence-electron chi connectivity index (χ0n) is 10.7. The van der Waals surface area contributed by atoms with Crippen molar-refractivity contribution in [1.29, 1.82) is 0 Å². The van der Waals surface area contributed by atoms with Crippen molar-refractivity contribution < 1.29 is 4.39 Å². The molecule has 3 nitrogen and oxygen atoms in total. The number of hydrogen-bond acceptors (Lipinski definition) is 4. The van der Waals surface area contributed by atoms with Crippen molar-refractivity contribution in [2.75, 3.05) is 5.32 Å². The Morgan fingerprint density at radius 2 is 2.11 bits per heavy atom. The van der Waals surface area contributed by atoms with Crippen LogP contribution in [0.15, 0.2) is 12.4 Å². The standard InChI is InChI=1S/C13H16FN3S/c1-4-11-12(14)13(17-7-16-11)15-6-10-5-8(2)9(3)18-10/h5,7H,4,6H2,1-3H3,(H,15,16,17). The van der Waals surface area contributed by atoms with Gasteiger partial charge in [-0.15, -0.1) is 11.3 Å². The largest absolute Gasteiger partial charge is 0.363 e. The minimum absolute atomic E-state index is 0.283. The average Bonchev–Trinajstić information content (AvgIpc) is 2.67. The molecule has 0 fully saturated rings. The van der Waals surface area contributed by atoms with E-state index in [0.29, 0.717) is 18.7 Å². The van der Waals surface area contributed by atoms with Gasteiger partial charge >= 0.3 is 0 Å². The van der Waals surface area contributed by atoms with Gasteiger partial charge in [-0.25, -0.2) is 14.4 Å². The Morgan fingerprint density at radius 3 is 2.72 bits per heavy atom. The van der Waals surface area contributed by atoms with Gasteiger partial charge < -0.3 is 5.32 Å². The molecule has 0 saturated heterocycles. The molecule has 0 saturated carbocycles. The number of rotatable bonds is 4. The molecule has 96 valence electrons. The second kappa shape index (κ2) is 5.44. The third-order valence-corrected chi connectivity index (χ3v) is 4.00. The highest BCUT2D eigenvalue weighted by Crippen LogP contribution is 2.22. The Kier molecular flexibility index (Phi) is 3.91. The third-order valence-electron chi connectivity index (χ3n) is 2.84. The topological polar surface area (TPSA) is 37.8 Å². The van der Waals surface area contributed by atoms with Crippen molar-refractivity contribution >= 4 is 17.2 Å². The normalized spacial score (nSPS) is 10.7. The number of anilines is 1. The summed E-state index contributed by atoms with van der Waals surface area (Å²) >= 11 is 1.72. The van der Waals surface area contributed by atoms with Crippen molar-refractivity contribution in [3.63, 3.8) is 0 Å². The van der Waals surface area contributed by atoms with Crippen molar-refractivity contribution in [1.82, 2.24) is 9.97 Å². The van der Waals surface area contributed by atoms with Crippen molar-refractivity contribution in [2.45, 2.75) is 33.7 Å². The summed E-state index contributed by atoms with van der Waals surface area (Å²) in [6.45, 7) is 6.64. The first kappa shape index (κ1) is 13.0. The van der Waals surface area contributed by atoms with Crippen LogP contribution in [0.25, 0.3) is 0 Å². The maximum Gasteiger partial charge on any atom is 0.186 e. The van der Waals surface area contributed by atoms with Crippen LogP contribution in [0.1, 0.15) is 27.9 Å². The molecule has 2 rings (SSSR count). The molecule has 5 heteroatoms. The summed E-state index contributed by atoms with van der Waals surface area (Å²) < 4.78 is 13.9. The Bertz CT molecular complexity index is 532. The van der Waals surface area contributed by atoms with Crippen molar-refractivity contribution in [3.05, 3.63) is 39.2 Å². The lowest BCUT2D eigenvalue weighted by Crippen LogP contribution is -2.06. The minimum Gasteiger partial charge on any atom is -0.363 e. The van der Waals surface area contributed by atoms with E-state index in [0.717, 1.165) is 0 Å². The summed E-state index contributed by atoms with van der Waals surface area (Å²) in [6, 6.07) is 2.12. The summed E-state index contributed by atoms with van der Waals surface area (Å²) in [6.07, 6.45) is 1.97. The van der Waals surface area contributed by atoms with Crippen LogP contribution in [0.2, 0.25) is 0 Å². The first-order valence-electron chi connectivity index (χ1n) is 5.91. The lowest BCUT2D eigenvalue weighted by molar-refractivity contribution is 0.597. The highest BCUT2D eigenvalue weighted by Gasteiger charge is 2.09. The number of thiophene rings is 1. The van der Waals surface area contributed by atoms with E-state index in [4.69, 9.17) is 0 Å². The van der Waals surface area contributed by atoms with Gasteiger partial charge in [-0.1, -0.05) is 6.92 Å². The Morgan fingerprint density at radius 1 is 1.33 bits per heavy atom. The highest BCUT2D eigenvalue weighted by atomic mass is 32.1. The van der Waals surface area contributed by atoms with Gasteiger partial charge in [0.25, 0.3) is 0 Å². The first-order chi connectivity index (χ1) is 8.61. The van der Waals surface area contributed by atoms with Crippen LogP contribution in [-0.2, 0) is 13.0 Å². The van der Waals surface area contributed by atoms with E-state index >= 15 is 0 Å². The number of halogens is 1. The van der Waals surface area contributed by atoms with Crippen LogP contribution in [0.4, 0.5) is 10.2 Å². The van der Waals surface area contributed by atoms with Crippen molar-refractivity contribution in [2.24, 2.45) is 0 Å². The van der Waals surface area contributed by atoms with Crippen LogP contribution in [0, 0.1) is 19.7 Å². The van der Waals surface area contributed by atoms with E-state index in [1.165, 1.54) is 21.6 Å². The van der Waals surface area contributed by atoms with Gasteiger partial charge in [0.15, 0.2) is 11.6 Å². The summed E-state index contributed by atoms with van der Waals surface area (Å²) in [5.74, 6) is -0.0597. The number of nitrogens with one attached hydrogen (secondary N) is 1. The molecular formula is C13H16FN3S. The second-order valence-corrected chi connectivity index (χ2v) is 5.48. The van der Waals surface area contributed by atoms with E-state index in [2.05, 4.69) is 35.2 Å². The van der Waals surface area contributed by atoms with Gasteiger partial charge in [-0.2, -0.15) is 0 Å². The van der Waals surface area contributed by atoms with Gasteiger partial charge in [-0.05, 0) is 31.9 Å². The van der Waals surface area contributed by atoms with E-state index in [9.17, 15) is 4.39 Å². The minimum atomic E-state index is -0.343. The second-order valence-electron chi connectivity index (χ2n) is 4.14. The van der Waals surface area contributed by atoms with Crippen LogP contribution >= 0.6 is 11.3 Å². The molecule has 18 heavy (non-hydrogen) atoms. The van der Waals surface area contributed by atoms with Gasteiger partial charge in [0.1, 0.15) is 6.33 Å².